The van der Waals surface area contributed by atoms with E-state index in [-0.39, 0.29) is 6.03 Å². The molecule has 1 unspecified atom stereocenters. The molecule has 0 saturated carbocycles. The van der Waals surface area contributed by atoms with Crippen molar-refractivity contribution in [2.75, 3.05) is 38.7 Å². The van der Waals surface area contributed by atoms with Gasteiger partial charge in [0.2, 0.25) is 0 Å². The summed E-state index contributed by atoms with van der Waals surface area (Å²) in [6, 6.07) is 7.53. The van der Waals surface area contributed by atoms with Crippen LogP contribution in [0.15, 0.2) is 24.3 Å². The molecule has 1 aliphatic rings. The Morgan fingerprint density at radius 3 is 2.83 bits per heavy atom. The van der Waals surface area contributed by atoms with Crippen LogP contribution in [0.25, 0.3) is 0 Å². The molecule has 2 amide bonds. The molecule has 5 heteroatoms. The molecule has 1 N–H and O–H groups in total. The standard InChI is InChI=1S/C18H28N2O3/c1-3-4-12-23-17-9-7-16(8-10-17)19-18(21)20-11-5-6-15(13-20)14-22-2/h7-10,15H,3-6,11-14H2,1-2H3,(H,19,21). The molecule has 1 saturated heterocycles. The van der Waals surface area contributed by atoms with Crippen LogP contribution >= 0.6 is 0 Å². The Morgan fingerprint density at radius 1 is 1.35 bits per heavy atom. The third-order valence-electron chi connectivity index (χ3n) is 4.08. The van der Waals surface area contributed by atoms with Crippen LogP contribution in [0.4, 0.5) is 10.5 Å². The van der Waals surface area contributed by atoms with Gasteiger partial charge in [-0.3, -0.25) is 0 Å². The Balaban J connectivity index is 1.82. The van der Waals surface area contributed by atoms with Crippen LogP contribution in [0, 0.1) is 5.92 Å². The minimum absolute atomic E-state index is 0.0366. The number of likely N-dealkylation sites (tertiary alicyclic amines) is 1. The van der Waals surface area contributed by atoms with Gasteiger partial charge >= 0.3 is 6.03 Å². The van der Waals surface area contributed by atoms with E-state index in [4.69, 9.17) is 9.47 Å². The highest BCUT2D eigenvalue weighted by molar-refractivity contribution is 5.89. The molecule has 1 aliphatic heterocycles. The average molecular weight is 320 g/mol. The number of hydrogen-bond acceptors (Lipinski definition) is 3. The van der Waals surface area contributed by atoms with Crippen molar-refractivity contribution >= 4 is 11.7 Å². The summed E-state index contributed by atoms with van der Waals surface area (Å²) in [5, 5.41) is 2.96. The average Bonchev–Trinajstić information content (AvgIpc) is 2.57. The molecule has 0 aliphatic carbocycles. The van der Waals surface area contributed by atoms with Crippen LogP contribution in [-0.4, -0.2) is 44.3 Å². The molecule has 2 rings (SSSR count). The summed E-state index contributed by atoms with van der Waals surface area (Å²) >= 11 is 0. The summed E-state index contributed by atoms with van der Waals surface area (Å²) < 4.78 is 10.8. The minimum Gasteiger partial charge on any atom is -0.494 e. The van der Waals surface area contributed by atoms with Crippen LogP contribution in [0.1, 0.15) is 32.6 Å². The lowest BCUT2D eigenvalue weighted by Crippen LogP contribution is -2.43. The highest BCUT2D eigenvalue weighted by atomic mass is 16.5. The van der Waals surface area contributed by atoms with Gasteiger partial charge in [-0.15, -0.1) is 0 Å². The minimum atomic E-state index is -0.0366. The number of ether oxygens (including phenoxy) is 2. The molecule has 0 spiro atoms. The van der Waals surface area contributed by atoms with E-state index in [1.165, 1.54) is 0 Å². The van der Waals surface area contributed by atoms with E-state index >= 15 is 0 Å². The van der Waals surface area contributed by atoms with Crippen molar-refractivity contribution in [2.45, 2.75) is 32.6 Å². The molecule has 0 radical (unpaired) electrons. The van der Waals surface area contributed by atoms with E-state index in [2.05, 4.69) is 12.2 Å². The Hall–Kier alpha value is -1.75. The smallest absolute Gasteiger partial charge is 0.321 e. The summed E-state index contributed by atoms with van der Waals surface area (Å²) in [5.41, 5.74) is 0.798. The number of unbranched alkanes of at least 4 members (excludes halogenated alkanes) is 1. The number of piperidine rings is 1. The first-order valence-electron chi connectivity index (χ1n) is 8.50. The lowest BCUT2D eigenvalue weighted by atomic mass is 9.99. The number of benzene rings is 1. The highest BCUT2D eigenvalue weighted by Crippen LogP contribution is 2.19. The SMILES string of the molecule is CCCCOc1ccc(NC(=O)N2CCCC(COC)C2)cc1. The fourth-order valence-corrected chi connectivity index (χ4v) is 2.79. The number of anilines is 1. The lowest BCUT2D eigenvalue weighted by Gasteiger charge is -2.32. The van der Waals surface area contributed by atoms with Crippen LogP contribution in [0.2, 0.25) is 0 Å². The van der Waals surface area contributed by atoms with Gasteiger partial charge in [0.15, 0.2) is 0 Å². The monoisotopic (exact) mass is 320 g/mol. The number of amides is 2. The van der Waals surface area contributed by atoms with E-state index < -0.39 is 0 Å². The van der Waals surface area contributed by atoms with Crippen LogP contribution in [0.5, 0.6) is 5.75 Å². The van der Waals surface area contributed by atoms with Gasteiger partial charge in [0, 0.05) is 31.8 Å². The number of nitrogens with one attached hydrogen (secondary N) is 1. The zero-order valence-corrected chi connectivity index (χ0v) is 14.2. The van der Waals surface area contributed by atoms with Gasteiger partial charge in [-0.25, -0.2) is 4.79 Å². The molecule has 1 atom stereocenters. The molecular formula is C18H28N2O3. The maximum absolute atomic E-state index is 12.4. The zero-order valence-electron chi connectivity index (χ0n) is 14.2. The van der Waals surface area contributed by atoms with Crippen LogP contribution < -0.4 is 10.1 Å². The second-order valence-corrected chi connectivity index (χ2v) is 6.07. The van der Waals surface area contributed by atoms with Crippen molar-refractivity contribution in [2.24, 2.45) is 5.92 Å². The number of methoxy groups -OCH3 is 1. The first-order chi connectivity index (χ1) is 11.2. The predicted octanol–water partition coefficient (Wildman–Crippen LogP) is 3.76. The zero-order chi connectivity index (χ0) is 16.5. The quantitative estimate of drug-likeness (QED) is 0.778. The number of urea groups is 1. The predicted molar refractivity (Wildman–Crippen MR) is 92.0 cm³/mol. The number of hydrogen-bond donors (Lipinski definition) is 1. The Bertz CT molecular complexity index is 474. The van der Waals surface area contributed by atoms with Crippen molar-refractivity contribution in [3.8, 4) is 5.75 Å². The second-order valence-electron chi connectivity index (χ2n) is 6.07. The molecule has 1 aromatic carbocycles. The van der Waals surface area contributed by atoms with Gasteiger partial charge in [0.1, 0.15) is 5.75 Å². The van der Waals surface area contributed by atoms with Crippen molar-refractivity contribution < 1.29 is 14.3 Å². The molecule has 1 fully saturated rings. The number of rotatable bonds is 7. The number of carbonyl (C=O) groups is 1. The Labute approximate surface area is 139 Å². The molecule has 1 heterocycles. The fraction of sp³-hybridized carbons (Fsp3) is 0.611. The number of nitrogens with zero attached hydrogens (tertiary/aromatic N) is 1. The van der Waals surface area contributed by atoms with Crippen molar-refractivity contribution in [3.05, 3.63) is 24.3 Å². The molecular weight excluding hydrogens is 292 g/mol. The van der Waals surface area contributed by atoms with Crippen molar-refractivity contribution in [1.29, 1.82) is 0 Å². The van der Waals surface area contributed by atoms with Gasteiger partial charge < -0.3 is 19.7 Å². The Morgan fingerprint density at radius 2 is 2.13 bits per heavy atom. The van der Waals surface area contributed by atoms with E-state index in [0.29, 0.717) is 12.5 Å². The van der Waals surface area contributed by atoms with Crippen LogP contribution in [0.3, 0.4) is 0 Å². The molecule has 0 aromatic heterocycles. The second kappa shape index (κ2) is 9.40. The maximum Gasteiger partial charge on any atom is 0.321 e. The van der Waals surface area contributed by atoms with Crippen molar-refractivity contribution in [1.82, 2.24) is 4.90 Å². The van der Waals surface area contributed by atoms with Gasteiger partial charge in [-0.1, -0.05) is 13.3 Å². The van der Waals surface area contributed by atoms with Gasteiger partial charge in [0.25, 0.3) is 0 Å². The largest absolute Gasteiger partial charge is 0.494 e. The lowest BCUT2D eigenvalue weighted by molar-refractivity contribution is 0.104. The molecule has 128 valence electrons. The van der Waals surface area contributed by atoms with Gasteiger partial charge in [-0.2, -0.15) is 0 Å². The van der Waals surface area contributed by atoms with E-state index in [9.17, 15) is 4.79 Å². The summed E-state index contributed by atoms with van der Waals surface area (Å²) in [6.45, 7) is 5.16. The van der Waals surface area contributed by atoms with Gasteiger partial charge in [-0.05, 0) is 43.5 Å². The summed E-state index contributed by atoms with van der Waals surface area (Å²) in [6.07, 6.45) is 4.33. The topological polar surface area (TPSA) is 50.8 Å². The van der Waals surface area contributed by atoms with Gasteiger partial charge in [0.05, 0.1) is 13.2 Å². The van der Waals surface area contributed by atoms with Crippen LogP contribution in [-0.2, 0) is 4.74 Å². The van der Waals surface area contributed by atoms with E-state index in [1.807, 2.05) is 29.2 Å². The molecule has 1 aromatic rings. The fourth-order valence-electron chi connectivity index (χ4n) is 2.79. The molecule has 0 bridgehead atoms. The first kappa shape index (κ1) is 17.6. The van der Waals surface area contributed by atoms with E-state index in [1.54, 1.807) is 7.11 Å². The highest BCUT2D eigenvalue weighted by Gasteiger charge is 2.23. The summed E-state index contributed by atoms with van der Waals surface area (Å²) in [5.74, 6) is 1.28. The van der Waals surface area contributed by atoms with Crippen molar-refractivity contribution in [3.63, 3.8) is 0 Å². The summed E-state index contributed by atoms with van der Waals surface area (Å²) in [4.78, 5) is 14.2. The normalized spacial score (nSPS) is 17.8. The molecule has 5 nitrogen and oxygen atoms in total. The number of carbonyl (C=O) groups excluding carboxylic acids is 1. The maximum atomic E-state index is 12.4. The third-order valence-corrected chi connectivity index (χ3v) is 4.08. The third kappa shape index (κ3) is 5.75. The summed E-state index contributed by atoms with van der Waals surface area (Å²) in [7, 11) is 1.71. The van der Waals surface area contributed by atoms with E-state index in [0.717, 1.165) is 56.8 Å². The first-order valence-corrected chi connectivity index (χ1v) is 8.50. The molecule has 23 heavy (non-hydrogen) atoms. The Kier molecular flexibility index (Phi) is 7.20.